The predicted molar refractivity (Wildman–Crippen MR) is 268 cm³/mol. The molecule has 2 aliphatic rings. The van der Waals surface area contributed by atoms with E-state index in [1.165, 1.54) is 89.0 Å². The largest absolute Gasteiger partial charge is 0.0587 e. The lowest BCUT2D eigenvalue weighted by atomic mass is 9.40. The van der Waals surface area contributed by atoms with E-state index in [0.29, 0.717) is 0 Å². The lowest BCUT2D eigenvalue weighted by molar-refractivity contribution is 0.0166. The third-order valence-electron chi connectivity index (χ3n) is 15.3. The molecule has 2 bridgehead atoms. The quantitative estimate of drug-likeness (QED) is 0.143. The smallest absolute Gasteiger partial charge is 0.00218 e. The Morgan fingerprint density at radius 2 is 0.397 bits per heavy atom. The standard InChI is InChI=1S/C63H60/c1-44-7-15-48(16-8-44)52-23-31-56(32-24-52)60(5)39-62(58-35-27-54(28-36-58)50-19-11-46(3)12-20-50)41-61(6,57-33-25-53(26-34-57)49-17-9-45(2)10-18-49)42-63(40-60,43-62)59-37-29-55(30-38-59)51-21-13-47(4)14-22-51/h7-38H,39-43H2,1-6H3. The van der Waals surface area contributed by atoms with Crippen LogP contribution in [-0.4, -0.2) is 0 Å². The summed E-state index contributed by atoms with van der Waals surface area (Å²) < 4.78 is 0. The second kappa shape index (κ2) is 15.8. The first-order valence-corrected chi connectivity index (χ1v) is 23.1. The fraction of sp³-hybridized carbons (Fsp3) is 0.238. The molecule has 0 aromatic heterocycles. The van der Waals surface area contributed by atoms with Gasteiger partial charge in [0.05, 0.1) is 0 Å². The number of fused-ring (bicyclic) bond motifs is 2. The molecular weight excluding hydrogens is 757 g/mol. The van der Waals surface area contributed by atoms with Gasteiger partial charge in [-0.15, -0.1) is 0 Å². The van der Waals surface area contributed by atoms with Gasteiger partial charge in [0, 0.05) is 0 Å². The highest BCUT2D eigenvalue weighted by molar-refractivity contribution is 5.68. The molecule has 0 nitrogen and oxygen atoms in total. The van der Waals surface area contributed by atoms with Crippen molar-refractivity contribution in [3.8, 4) is 44.5 Å². The van der Waals surface area contributed by atoms with Gasteiger partial charge in [0.2, 0.25) is 0 Å². The Hall–Kier alpha value is -6.24. The van der Waals surface area contributed by atoms with Crippen LogP contribution < -0.4 is 0 Å². The zero-order valence-electron chi connectivity index (χ0n) is 38.0. The van der Waals surface area contributed by atoms with Crippen LogP contribution in [0.15, 0.2) is 194 Å². The Morgan fingerprint density at radius 3 is 0.603 bits per heavy atom. The van der Waals surface area contributed by atoms with Crippen molar-refractivity contribution >= 4 is 0 Å². The Morgan fingerprint density at radius 1 is 0.222 bits per heavy atom. The monoisotopic (exact) mass is 816 g/mol. The highest BCUT2D eigenvalue weighted by Gasteiger charge is 2.61. The number of benzene rings is 8. The van der Waals surface area contributed by atoms with Crippen LogP contribution in [0, 0.1) is 27.7 Å². The summed E-state index contributed by atoms with van der Waals surface area (Å²) in [5.41, 5.74) is 21.0. The van der Waals surface area contributed by atoms with Crippen LogP contribution in [0.4, 0.5) is 0 Å². The molecule has 0 heterocycles. The molecule has 0 heteroatoms. The first-order valence-electron chi connectivity index (χ1n) is 23.1. The van der Waals surface area contributed by atoms with E-state index < -0.39 is 0 Å². The highest BCUT2D eigenvalue weighted by atomic mass is 14.6. The zero-order valence-corrected chi connectivity index (χ0v) is 38.0. The van der Waals surface area contributed by atoms with Gasteiger partial charge < -0.3 is 0 Å². The molecule has 8 aromatic rings. The van der Waals surface area contributed by atoms with Gasteiger partial charge in [0.15, 0.2) is 0 Å². The molecule has 2 fully saturated rings. The predicted octanol–water partition coefficient (Wildman–Crippen LogP) is 16.7. The maximum Gasteiger partial charge on any atom is -0.00218 e. The number of hydrogen-bond donors (Lipinski definition) is 0. The molecule has 2 aliphatic carbocycles. The Balaban J connectivity index is 1.12. The van der Waals surface area contributed by atoms with Crippen LogP contribution in [0.2, 0.25) is 0 Å². The molecule has 10 rings (SSSR count). The van der Waals surface area contributed by atoms with Crippen molar-refractivity contribution in [1.82, 2.24) is 0 Å². The summed E-state index contributed by atoms with van der Waals surface area (Å²) in [4.78, 5) is 0. The van der Waals surface area contributed by atoms with E-state index >= 15 is 0 Å². The molecule has 312 valence electrons. The molecule has 0 spiro atoms. The maximum absolute atomic E-state index is 2.59. The highest BCUT2D eigenvalue weighted by Crippen LogP contribution is 2.67. The van der Waals surface area contributed by atoms with Gasteiger partial charge in [-0.25, -0.2) is 0 Å². The van der Waals surface area contributed by atoms with Crippen molar-refractivity contribution in [2.24, 2.45) is 0 Å². The molecule has 0 amide bonds. The maximum atomic E-state index is 2.59. The van der Waals surface area contributed by atoms with E-state index in [0.717, 1.165) is 32.1 Å². The van der Waals surface area contributed by atoms with Crippen molar-refractivity contribution in [3.63, 3.8) is 0 Å². The van der Waals surface area contributed by atoms with Gasteiger partial charge in [0.1, 0.15) is 0 Å². The summed E-state index contributed by atoms with van der Waals surface area (Å²) in [7, 11) is 0. The van der Waals surface area contributed by atoms with E-state index in [1.54, 1.807) is 0 Å². The van der Waals surface area contributed by atoms with Crippen LogP contribution >= 0.6 is 0 Å². The second-order valence-corrected chi connectivity index (χ2v) is 20.3. The van der Waals surface area contributed by atoms with E-state index in [-0.39, 0.29) is 21.7 Å². The van der Waals surface area contributed by atoms with Gasteiger partial charge >= 0.3 is 0 Å². The van der Waals surface area contributed by atoms with Crippen LogP contribution in [0.3, 0.4) is 0 Å². The summed E-state index contributed by atoms with van der Waals surface area (Å²) in [6, 6.07) is 74.9. The normalized spacial score (nSPS) is 23.0. The minimum Gasteiger partial charge on any atom is -0.0587 e. The summed E-state index contributed by atoms with van der Waals surface area (Å²) in [5, 5.41) is 0. The van der Waals surface area contributed by atoms with Crippen LogP contribution in [0.5, 0.6) is 0 Å². The summed E-state index contributed by atoms with van der Waals surface area (Å²) >= 11 is 0. The average molecular weight is 817 g/mol. The van der Waals surface area contributed by atoms with Crippen molar-refractivity contribution in [3.05, 3.63) is 239 Å². The van der Waals surface area contributed by atoms with Gasteiger partial charge in [-0.3, -0.25) is 0 Å². The molecule has 0 atom stereocenters. The third kappa shape index (κ3) is 7.80. The van der Waals surface area contributed by atoms with Crippen molar-refractivity contribution in [2.75, 3.05) is 0 Å². The molecule has 63 heavy (non-hydrogen) atoms. The Labute approximate surface area is 376 Å². The molecule has 0 unspecified atom stereocenters. The molecule has 0 aliphatic heterocycles. The number of hydrogen-bond acceptors (Lipinski definition) is 0. The first-order chi connectivity index (χ1) is 30.4. The molecule has 2 saturated carbocycles. The molecule has 8 aromatic carbocycles. The van der Waals surface area contributed by atoms with E-state index in [4.69, 9.17) is 0 Å². The summed E-state index contributed by atoms with van der Waals surface area (Å²) in [6.45, 7) is 13.8. The molecule has 0 saturated heterocycles. The van der Waals surface area contributed by atoms with Crippen molar-refractivity contribution in [1.29, 1.82) is 0 Å². The lowest BCUT2D eigenvalue weighted by Gasteiger charge is -2.64. The fourth-order valence-corrected chi connectivity index (χ4v) is 12.3. The van der Waals surface area contributed by atoms with Crippen LogP contribution in [0.25, 0.3) is 44.5 Å². The number of aryl methyl sites for hydroxylation is 4. The van der Waals surface area contributed by atoms with Crippen LogP contribution in [0.1, 0.15) is 90.5 Å². The first kappa shape index (κ1) is 40.8. The summed E-state index contributed by atoms with van der Waals surface area (Å²) in [5.74, 6) is 0. The average Bonchev–Trinajstić information content (AvgIpc) is 3.30. The molecular formula is C63H60. The lowest BCUT2D eigenvalue weighted by Crippen LogP contribution is -2.59. The van der Waals surface area contributed by atoms with Crippen molar-refractivity contribution in [2.45, 2.75) is 95.3 Å². The van der Waals surface area contributed by atoms with Crippen molar-refractivity contribution < 1.29 is 0 Å². The van der Waals surface area contributed by atoms with Gasteiger partial charge in [0.25, 0.3) is 0 Å². The minimum absolute atomic E-state index is 0.0636. The third-order valence-corrected chi connectivity index (χ3v) is 15.3. The number of rotatable bonds is 8. The van der Waals surface area contributed by atoms with Crippen LogP contribution in [-0.2, 0) is 21.7 Å². The molecule has 0 N–H and O–H groups in total. The topological polar surface area (TPSA) is 0 Å². The SMILES string of the molecule is Cc1ccc(-c2ccc(C3(C)CC4(c5ccc(-c6ccc(C)cc6)cc5)CC(C)(c5ccc(-c6ccc(C)cc6)cc5)CC(c5ccc(-c6ccc(C)cc6)cc5)(C3)C4)cc2)cc1. The zero-order chi connectivity index (χ0) is 43.4. The Kier molecular flexibility index (Phi) is 10.3. The second-order valence-electron chi connectivity index (χ2n) is 20.3. The molecule has 0 radical (unpaired) electrons. The fourth-order valence-electron chi connectivity index (χ4n) is 12.3. The van der Waals surface area contributed by atoms with E-state index in [2.05, 4.69) is 236 Å². The van der Waals surface area contributed by atoms with Gasteiger partial charge in [-0.2, -0.15) is 0 Å². The minimum atomic E-state index is -0.0767. The van der Waals surface area contributed by atoms with Gasteiger partial charge in [-0.1, -0.05) is 230 Å². The summed E-state index contributed by atoms with van der Waals surface area (Å²) in [6.07, 6.45) is 5.49. The van der Waals surface area contributed by atoms with E-state index in [9.17, 15) is 0 Å². The Bertz CT molecular complexity index is 2610. The van der Waals surface area contributed by atoms with Gasteiger partial charge in [-0.05, 0) is 148 Å². The van der Waals surface area contributed by atoms with E-state index in [1.807, 2.05) is 0 Å².